The molecule has 0 spiro atoms. The summed E-state index contributed by atoms with van der Waals surface area (Å²) >= 11 is 8.28. The van der Waals surface area contributed by atoms with Crippen LogP contribution >= 0.6 is 22.9 Å². The van der Waals surface area contributed by atoms with Crippen LogP contribution in [-0.4, -0.2) is 68.2 Å². The van der Waals surface area contributed by atoms with Crippen LogP contribution in [0.15, 0.2) is 55.0 Å². The Morgan fingerprint density at radius 3 is 2.73 bits per heavy atom. The van der Waals surface area contributed by atoms with Gasteiger partial charge in [0.2, 0.25) is 5.91 Å². The molecule has 3 aliphatic rings. The molecule has 12 heteroatoms. The van der Waals surface area contributed by atoms with E-state index in [-0.39, 0.29) is 18.3 Å². The molecule has 2 fully saturated rings. The zero-order valence-electron chi connectivity index (χ0n) is 26.6. The number of carbonyl (C=O) groups excluding carboxylic acids is 1. The van der Waals surface area contributed by atoms with Crippen molar-refractivity contribution in [2.75, 3.05) is 38.0 Å². The lowest BCUT2D eigenvalue weighted by Gasteiger charge is -2.33. The van der Waals surface area contributed by atoms with Crippen LogP contribution in [0.2, 0.25) is 5.02 Å². The summed E-state index contributed by atoms with van der Waals surface area (Å²) in [5.74, 6) is 1.76. The van der Waals surface area contributed by atoms with Gasteiger partial charge in [-0.2, -0.15) is 5.10 Å². The number of hydrogen-bond acceptors (Lipinski definition) is 8. The van der Waals surface area contributed by atoms with E-state index in [1.807, 2.05) is 24.3 Å². The largest absolute Gasteiger partial charge is 0.487 e. The zero-order valence-corrected chi connectivity index (χ0v) is 28.2. The Morgan fingerprint density at radius 1 is 1.06 bits per heavy atom. The Bertz CT molecular complexity index is 1970. The van der Waals surface area contributed by atoms with Crippen LogP contribution in [0.1, 0.15) is 42.5 Å². The third-order valence-electron chi connectivity index (χ3n) is 9.73. The highest BCUT2D eigenvalue weighted by Crippen LogP contribution is 2.45. The molecule has 0 saturated carbocycles. The van der Waals surface area contributed by atoms with E-state index in [0.29, 0.717) is 23.2 Å². The van der Waals surface area contributed by atoms with E-state index in [1.54, 1.807) is 23.7 Å². The maximum atomic E-state index is 13.5. The lowest BCUT2D eigenvalue weighted by Crippen LogP contribution is -2.44. The Labute approximate surface area is 287 Å². The predicted molar refractivity (Wildman–Crippen MR) is 186 cm³/mol. The molecule has 5 heterocycles. The van der Waals surface area contributed by atoms with E-state index in [1.165, 1.54) is 41.0 Å². The number of benzene rings is 2. The van der Waals surface area contributed by atoms with Gasteiger partial charge in [0.25, 0.3) is 0 Å². The van der Waals surface area contributed by atoms with Crippen LogP contribution < -0.4 is 10.1 Å². The summed E-state index contributed by atoms with van der Waals surface area (Å²) in [5.41, 5.74) is 5.08. The molecule has 0 bridgehead atoms. The van der Waals surface area contributed by atoms with Gasteiger partial charge in [0.1, 0.15) is 35.1 Å². The van der Waals surface area contributed by atoms with Crippen LogP contribution in [0.25, 0.3) is 20.7 Å². The highest BCUT2D eigenvalue weighted by Gasteiger charge is 2.29. The Balaban J connectivity index is 0.943. The molecule has 2 aliphatic heterocycles. The van der Waals surface area contributed by atoms with Gasteiger partial charge in [-0.3, -0.25) is 14.4 Å². The molecule has 48 heavy (non-hydrogen) atoms. The summed E-state index contributed by atoms with van der Waals surface area (Å²) < 4.78 is 21.5. The number of rotatable bonds is 9. The molecule has 3 aromatic heterocycles. The summed E-state index contributed by atoms with van der Waals surface area (Å²) in [4.78, 5) is 28.6. The van der Waals surface area contributed by atoms with Gasteiger partial charge < -0.3 is 15.0 Å². The van der Waals surface area contributed by atoms with Crippen molar-refractivity contribution in [3.8, 4) is 16.2 Å². The first-order chi connectivity index (χ1) is 23.5. The number of fused-ring (bicyclic) bond motifs is 5. The number of nitrogens with one attached hydrogen (secondary N) is 1. The minimum atomic E-state index is -0.298. The summed E-state index contributed by atoms with van der Waals surface area (Å²) in [5, 5.41) is 9.97. The SMILES string of the molecule is O=C(CN1CCCC1)N1CCC(Cn2cc3c(n2)CCc2c-3sc3ncnc(Nc4ccc(OCc5cccc(F)c5)c(Cl)c4)c23)CC1. The summed E-state index contributed by atoms with van der Waals surface area (Å²) in [6.07, 6.45) is 9.97. The van der Waals surface area contributed by atoms with Gasteiger partial charge >= 0.3 is 0 Å². The van der Waals surface area contributed by atoms with Gasteiger partial charge in [-0.25, -0.2) is 14.4 Å². The van der Waals surface area contributed by atoms with Crippen molar-refractivity contribution in [1.82, 2.24) is 29.5 Å². The predicted octanol–water partition coefficient (Wildman–Crippen LogP) is 7.10. The zero-order chi connectivity index (χ0) is 32.6. The third-order valence-corrected chi connectivity index (χ3v) is 11.2. The van der Waals surface area contributed by atoms with Crippen LogP contribution in [0, 0.1) is 11.7 Å². The molecule has 9 nitrogen and oxygen atoms in total. The van der Waals surface area contributed by atoms with E-state index in [4.69, 9.17) is 21.4 Å². The van der Waals surface area contributed by atoms with Gasteiger partial charge in [0, 0.05) is 42.0 Å². The van der Waals surface area contributed by atoms with Gasteiger partial charge in [-0.15, -0.1) is 11.3 Å². The first-order valence-electron chi connectivity index (χ1n) is 16.7. The average Bonchev–Trinajstić information content (AvgIpc) is 3.84. The smallest absolute Gasteiger partial charge is 0.236 e. The molecule has 1 amide bonds. The Hall–Kier alpha value is -4.06. The first-order valence-corrected chi connectivity index (χ1v) is 17.9. The van der Waals surface area contributed by atoms with Crippen molar-refractivity contribution in [3.05, 3.63) is 82.6 Å². The van der Waals surface area contributed by atoms with Gasteiger partial charge in [-0.1, -0.05) is 23.7 Å². The highest BCUT2D eigenvalue weighted by atomic mass is 35.5. The van der Waals surface area contributed by atoms with Crippen molar-refractivity contribution < 1.29 is 13.9 Å². The lowest BCUT2D eigenvalue weighted by atomic mass is 9.95. The fraction of sp³-hybridized carbons (Fsp3) is 0.389. The molecular formula is C36H37ClFN7O2S. The molecule has 8 rings (SSSR count). The van der Waals surface area contributed by atoms with E-state index < -0.39 is 0 Å². The molecule has 1 N–H and O–H groups in total. The van der Waals surface area contributed by atoms with Crippen molar-refractivity contribution in [2.45, 2.75) is 51.7 Å². The molecule has 2 aromatic carbocycles. The molecule has 5 aromatic rings. The van der Waals surface area contributed by atoms with Gasteiger partial charge in [0.15, 0.2) is 0 Å². The number of carbonyl (C=O) groups is 1. The monoisotopic (exact) mass is 685 g/mol. The maximum Gasteiger partial charge on any atom is 0.236 e. The number of aromatic nitrogens is 4. The van der Waals surface area contributed by atoms with Crippen molar-refractivity contribution >= 4 is 50.6 Å². The van der Waals surface area contributed by atoms with E-state index in [2.05, 4.69) is 36.0 Å². The number of halogens is 2. The minimum Gasteiger partial charge on any atom is -0.487 e. The fourth-order valence-electron chi connectivity index (χ4n) is 7.20. The van der Waals surface area contributed by atoms with Crippen LogP contribution in [-0.2, 0) is 30.8 Å². The molecule has 0 atom stereocenters. The second-order valence-electron chi connectivity index (χ2n) is 13.0. The second kappa shape index (κ2) is 13.4. The number of likely N-dealkylation sites (tertiary alicyclic amines) is 2. The number of nitrogens with zero attached hydrogens (tertiary/aromatic N) is 6. The van der Waals surface area contributed by atoms with E-state index >= 15 is 0 Å². The van der Waals surface area contributed by atoms with Crippen LogP contribution in [0.5, 0.6) is 5.75 Å². The molecule has 1 aliphatic carbocycles. The molecule has 0 radical (unpaired) electrons. The first kappa shape index (κ1) is 31.2. The lowest BCUT2D eigenvalue weighted by molar-refractivity contribution is -0.133. The summed E-state index contributed by atoms with van der Waals surface area (Å²) in [6.45, 7) is 5.44. The summed E-state index contributed by atoms with van der Waals surface area (Å²) in [7, 11) is 0. The molecule has 0 unspecified atom stereocenters. The van der Waals surface area contributed by atoms with E-state index in [0.717, 1.165) is 91.4 Å². The number of ether oxygens (including phenoxy) is 1. The van der Waals surface area contributed by atoms with Crippen molar-refractivity contribution in [3.63, 3.8) is 0 Å². The topological polar surface area (TPSA) is 88.4 Å². The number of piperidine rings is 1. The number of aryl methyl sites for hydroxylation is 2. The normalized spacial score (nSPS) is 16.7. The number of hydrogen-bond donors (Lipinski definition) is 1. The fourth-order valence-corrected chi connectivity index (χ4v) is 8.65. The molecular weight excluding hydrogens is 649 g/mol. The van der Waals surface area contributed by atoms with E-state index in [9.17, 15) is 9.18 Å². The molecule has 248 valence electrons. The molecule has 2 saturated heterocycles. The second-order valence-corrected chi connectivity index (χ2v) is 14.4. The number of amides is 1. The quantitative estimate of drug-likeness (QED) is 0.177. The average molecular weight is 686 g/mol. The van der Waals surface area contributed by atoms with Crippen LogP contribution in [0.4, 0.5) is 15.9 Å². The third kappa shape index (κ3) is 6.51. The standard InChI is InChI=1S/C36H37ClFN7O2S/c37-29-17-26(6-9-31(29)47-21-24-4-3-5-25(38)16-24)41-35-33-27-7-8-30-28(34(27)48-36(33)40-22-39-35)19-45(42-30)18-23-10-14-44(15-11-23)32(46)20-43-12-1-2-13-43/h3-6,9,16-17,19,22-23H,1-2,7-8,10-15,18,20-21H2,(H,39,40,41). The van der Waals surface area contributed by atoms with Crippen molar-refractivity contribution in [2.24, 2.45) is 5.92 Å². The Kier molecular flexibility index (Phi) is 8.75. The maximum absolute atomic E-state index is 13.5. The van der Waals surface area contributed by atoms with Crippen LogP contribution in [0.3, 0.4) is 0 Å². The number of thiophene rings is 1. The Morgan fingerprint density at radius 2 is 1.92 bits per heavy atom. The van der Waals surface area contributed by atoms with Gasteiger partial charge in [0.05, 0.1) is 22.6 Å². The van der Waals surface area contributed by atoms with Gasteiger partial charge in [-0.05, 0) is 99.0 Å². The summed E-state index contributed by atoms with van der Waals surface area (Å²) in [6, 6.07) is 11.8. The highest BCUT2D eigenvalue weighted by molar-refractivity contribution is 7.22. The van der Waals surface area contributed by atoms with Crippen molar-refractivity contribution in [1.29, 1.82) is 0 Å². The minimum absolute atomic E-state index is 0.218. The number of anilines is 2.